The van der Waals surface area contributed by atoms with Crippen molar-refractivity contribution < 1.29 is 23.4 Å². The van der Waals surface area contributed by atoms with Crippen LogP contribution in [-0.4, -0.2) is 42.2 Å². The molecule has 0 aliphatic heterocycles. The summed E-state index contributed by atoms with van der Waals surface area (Å²) in [6.45, 7) is -0.526. The number of alkyl halides is 2. The van der Waals surface area contributed by atoms with Gasteiger partial charge in [-0.2, -0.15) is 0 Å². The van der Waals surface area contributed by atoms with Gasteiger partial charge in [-0.3, -0.25) is 9.78 Å². The maximum absolute atomic E-state index is 12.0. The van der Waals surface area contributed by atoms with Gasteiger partial charge < -0.3 is 15.2 Å². The van der Waals surface area contributed by atoms with Crippen LogP contribution < -0.4 is 10.1 Å². The third-order valence-corrected chi connectivity index (χ3v) is 2.01. The molecule has 0 spiro atoms. The molecular weight excluding hydrogens is 234 g/mol. The van der Waals surface area contributed by atoms with Crippen molar-refractivity contribution >= 4 is 5.91 Å². The van der Waals surface area contributed by atoms with E-state index >= 15 is 0 Å². The number of methoxy groups -OCH3 is 1. The van der Waals surface area contributed by atoms with Crippen LogP contribution in [0.25, 0.3) is 0 Å². The van der Waals surface area contributed by atoms with Crippen LogP contribution in [0.5, 0.6) is 5.75 Å². The second kappa shape index (κ2) is 6.09. The maximum Gasteiger partial charge on any atom is 0.265 e. The summed E-state index contributed by atoms with van der Waals surface area (Å²) in [5.74, 6) is -0.375. The van der Waals surface area contributed by atoms with Crippen molar-refractivity contribution in [1.82, 2.24) is 10.3 Å². The fourth-order valence-electron chi connectivity index (χ4n) is 1.11. The van der Waals surface area contributed by atoms with Crippen LogP contribution >= 0.6 is 0 Å². The number of nitrogens with one attached hydrogen (secondary N) is 1. The first-order valence-corrected chi connectivity index (χ1v) is 4.78. The highest BCUT2D eigenvalue weighted by molar-refractivity contribution is 5.96. The Labute approximate surface area is 96.4 Å². The molecule has 5 nitrogen and oxygen atoms in total. The number of amides is 1. The average molecular weight is 246 g/mol. The van der Waals surface area contributed by atoms with Crippen LogP contribution in [0.3, 0.4) is 0 Å². The molecule has 94 valence electrons. The van der Waals surface area contributed by atoms with E-state index in [-0.39, 0.29) is 11.3 Å². The lowest BCUT2D eigenvalue weighted by atomic mass is 10.2. The summed E-state index contributed by atoms with van der Waals surface area (Å²) >= 11 is 0. The summed E-state index contributed by atoms with van der Waals surface area (Å²) in [7, 11) is 1.36. The summed E-state index contributed by atoms with van der Waals surface area (Å²) in [4.78, 5) is 15.3. The van der Waals surface area contributed by atoms with Gasteiger partial charge in [-0.15, -0.1) is 0 Å². The number of aliphatic hydroxyl groups is 1. The Morgan fingerprint density at radius 3 is 2.94 bits per heavy atom. The van der Waals surface area contributed by atoms with Crippen molar-refractivity contribution in [3.8, 4) is 5.75 Å². The lowest BCUT2D eigenvalue weighted by Crippen LogP contribution is -2.35. The highest BCUT2D eigenvalue weighted by atomic mass is 19.3. The van der Waals surface area contributed by atoms with E-state index in [1.807, 2.05) is 0 Å². The number of aromatic nitrogens is 1. The van der Waals surface area contributed by atoms with E-state index in [1.165, 1.54) is 25.6 Å². The minimum absolute atomic E-state index is 0.170. The normalized spacial score (nSPS) is 12.3. The fourth-order valence-corrected chi connectivity index (χ4v) is 1.11. The molecule has 1 heterocycles. The predicted molar refractivity (Wildman–Crippen MR) is 55.1 cm³/mol. The second-order valence-corrected chi connectivity index (χ2v) is 3.19. The third kappa shape index (κ3) is 3.63. The minimum atomic E-state index is -2.89. The van der Waals surface area contributed by atoms with E-state index in [2.05, 4.69) is 10.3 Å². The summed E-state index contributed by atoms with van der Waals surface area (Å²) in [6.07, 6.45) is -2.07. The van der Waals surface area contributed by atoms with Crippen LogP contribution in [0.15, 0.2) is 18.5 Å². The van der Waals surface area contributed by atoms with Gasteiger partial charge in [0.15, 0.2) is 0 Å². The SMILES string of the molecule is COc1cnccc1C(=O)NCC(O)C(F)F. The molecule has 1 amide bonds. The molecule has 1 atom stereocenters. The smallest absolute Gasteiger partial charge is 0.265 e. The number of carbonyl (C=O) groups is 1. The van der Waals surface area contributed by atoms with Crippen LogP contribution in [0.4, 0.5) is 8.78 Å². The number of pyridine rings is 1. The standard InChI is InChI=1S/C10H12F2N2O3/c1-17-8-5-13-3-2-6(8)10(16)14-4-7(15)9(11)12/h2-3,5,7,9,15H,4H2,1H3,(H,14,16). The Kier molecular flexibility index (Phi) is 4.77. The number of halogens is 2. The quantitative estimate of drug-likeness (QED) is 0.791. The molecule has 0 aliphatic carbocycles. The van der Waals surface area contributed by atoms with Crippen LogP contribution in [0.2, 0.25) is 0 Å². The molecule has 0 aromatic carbocycles. The first kappa shape index (κ1) is 13.3. The molecule has 7 heteroatoms. The number of aliphatic hydroxyl groups excluding tert-OH is 1. The number of carbonyl (C=O) groups excluding carboxylic acids is 1. The molecule has 0 saturated heterocycles. The third-order valence-electron chi connectivity index (χ3n) is 2.01. The largest absolute Gasteiger partial charge is 0.494 e. The van der Waals surface area contributed by atoms with Gasteiger partial charge in [0.2, 0.25) is 0 Å². The summed E-state index contributed by atoms with van der Waals surface area (Å²) < 4.78 is 28.9. The highest BCUT2D eigenvalue weighted by Crippen LogP contribution is 2.15. The highest BCUT2D eigenvalue weighted by Gasteiger charge is 2.19. The van der Waals surface area contributed by atoms with Gasteiger partial charge in [0.05, 0.1) is 18.9 Å². The Hall–Kier alpha value is -1.76. The zero-order valence-electron chi connectivity index (χ0n) is 9.06. The molecule has 1 rings (SSSR count). The van der Waals surface area contributed by atoms with Crippen molar-refractivity contribution in [2.45, 2.75) is 12.5 Å². The molecule has 1 aromatic rings. The number of hydrogen-bond acceptors (Lipinski definition) is 4. The monoisotopic (exact) mass is 246 g/mol. The van der Waals surface area contributed by atoms with E-state index in [0.29, 0.717) is 0 Å². The van der Waals surface area contributed by atoms with Crippen molar-refractivity contribution in [3.63, 3.8) is 0 Å². The lowest BCUT2D eigenvalue weighted by molar-refractivity contribution is -0.00271. The maximum atomic E-state index is 12.0. The van der Waals surface area contributed by atoms with Gasteiger partial charge in [-0.25, -0.2) is 8.78 Å². The second-order valence-electron chi connectivity index (χ2n) is 3.19. The lowest BCUT2D eigenvalue weighted by Gasteiger charge is -2.12. The van der Waals surface area contributed by atoms with Crippen molar-refractivity contribution in [1.29, 1.82) is 0 Å². The molecule has 0 aliphatic rings. The Morgan fingerprint density at radius 2 is 2.35 bits per heavy atom. The number of ether oxygens (including phenoxy) is 1. The zero-order valence-corrected chi connectivity index (χ0v) is 9.06. The summed E-state index contributed by atoms with van der Waals surface area (Å²) in [5.41, 5.74) is 0.170. The van der Waals surface area contributed by atoms with Gasteiger partial charge in [-0.1, -0.05) is 0 Å². The minimum Gasteiger partial charge on any atom is -0.494 e. The van der Waals surface area contributed by atoms with Crippen molar-refractivity contribution in [2.75, 3.05) is 13.7 Å². The van der Waals surface area contributed by atoms with Gasteiger partial charge in [0.25, 0.3) is 12.3 Å². The molecule has 17 heavy (non-hydrogen) atoms. The van der Waals surface area contributed by atoms with E-state index < -0.39 is 25.0 Å². The molecule has 2 N–H and O–H groups in total. The molecule has 0 fully saturated rings. The zero-order chi connectivity index (χ0) is 12.8. The number of nitrogens with zero attached hydrogens (tertiary/aromatic N) is 1. The van der Waals surface area contributed by atoms with Gasteiger partial charge >= 0.3 is 0 Å². The van der Waals surface area contributed by atoms with Crippen molar-refractivity contribution in [3.05, 3.63) is 24.0 Å². The van der Waals surface area contributed by atoms with Crippen molar-refractivity contribution in [2.24, 2.45) is 0 Å². The summed E-state index contributed by atoms with van der Waals surface area (Å²) in [5, 5.41) is 11.0. The Bertz CT molecular complexity index is 388. The Balaban J connectivity index is 2.64. The molecule has 0 bridgehead atoms. The topological polar surface area (TPSA) is 71.5 Å². The summed E-state index contributed by atoms with van der Waals surface area (Å²) in [6, 6.07) is 1.39. The average Bonchev–Trinajstić information content (AvgIpc) is 2.35. The molecule has 0 radical (unpaired) electrons. The van der Waals surface area contributed by atoms with E-state index in [9.17, 15) is 13.6 Å². The predicted octanol–water partition coefficient (Wildman–Crippen LogP) is 0.446. The first-order valence-electron chi connectivity index (χ1n) is 4.78. The van der Waals surface area contributed by atoms with E-state index in [4.69, 9.17) is 9.84 Å². The van der Waals surface area contributed by atoms with Gasteiger partial charge in [-0.05, 0) is 6.07 Å². The number of hydrogen-bond donors (Lipinski definition) is 2. The molecule has 1 aromatic heterocycles. The Morgan fingerprint density at radius 1 is 1.65 bits per heavy atom. The molecule has 0 saturated carbocycles. The number of rotatable bonds is 5. The first-order chi connectivity index (χ1) is 8.06. The van der Waals surface area contributed by atoms with Crippen LogP contribution in [0.1, 0.15) is 10.4 Å². The van der Waals surface area contributed by atoms with Gasteiger partial charge in [0, 0.05) is 12.7 Å². The molecular formula is C10H12F2N2O3. The van der Waals surface area contributed by atoms with E-state index in [1.54, 1.807) is 0 Å². The van der Waals surface area contributed by atoms with E-state index in [0.717, 1.165) is 0 Å². The fraction of sp³-hybridized carbons (Fsp3) is 0.400. The van der Waals surface area contributed by atoms with Crippen LogP contribution in [0, 0.1) is 0 Å². The van der Waals surface area contributed by atoms with Gasteiger partial charge in [0.1, 0.15) is 11.9 Å². The van der Waals surface area contributed by atoms with Crippen LogP contribution in [-0.2, 0) is 0 Å². The molecule has 1 unspecified atom stereocenters.